The molecule has 0 rings (SSSR count). The van der Waals surface area contributed by atoms with Gasteiger partial charge in [-0.15, -0.1) is 0 Å². The normalized spacial score (nSPS) is 12.0. The van der Waals surface area contributed by atoms with Crippen LogP contribution in [0, 0.1) is 0 Å². The van der Waals surface area contributed by atoms with E-state index in [4.69, 9.17) is 5.21 Å². The van der Waals surface area contributed by atoms with Gasteiger partial charge in [-0.3, -0.25) is 4.57 Å². The zero-order valence-electron chi connectivity index (χ0n) is 3.57. The summed E-state index contributed by atoms with van der Waals surface area (Å²) >= 11 is 0. The summed E-state index contributed by atoms with van der Waals surface area (Å²) in [6.07, 6.45) is 1.12. The highest BCUT2D eigenvalue weighted by Crippen LogP contribution is 1.89. The molecule has 0 aromatic heterocycles. The van der Waals surface area contributed by atoms with E-state index in [1.807, 2.05) is 0 Å². The lowest BCUT2D eigenvalue weighted by Crippen LogP contribution is -1.81. The fraction of sp³-hybridized carbons (Fsp3) is 0.500. The molecule has 0 bridgehead atoms. The fourth-order valence-corrected chi connectivity index (χ4v) is 0.280. The van der Waals surface area contributed by atoms with Gasteiger partial charge in [0.05, 0.1) is 12.8 Å². The lowest BCUT2D eigenvalue weighted by atomic mass is 10.8. The van der Waals surface area contributed by atoms with Gasteiger partial charge in [0.15, 0.2) is 8.69 Å². The molecule has 0 aliphatic carbocycles. The van der Waals surface area contributed by atoms with Gasteiger partial charge in [-0.2, -0.15) is 0 Å². The van der Waals surface area contributed by atoms with Gasteiger partial charge in [-0.1, -0.05) is 5.16 Å². The van der Waals surface area contributed by atoms with E-state index in [-0.39, 0.29) is 6.61 Å². The van der Waals surface area contributed by atoms with Gasteiger partial charge >= 0.3 is 0 Å². The highest BCUT2D eigenvalue weighted by Gasteiger charge is 1.70. The molecule has 0 aliphatic rings. The molecule has 7 heavy (non-hydrogen) atoms. The highest BCUT2D eigenvalue weighted by atomic mass is 31.1. The van der Waals surface area contributed by atoms with Crippen molar-refractivity contribution in [3.8, 4) is 0 Å². The van der Waals surface area contributed by atoms with Crippen molar-refractivity contribution in [3.05, 3.63) is 0 Å². The van der Waals surface area contributed by atoms with E-state index in [9.17, 15) is 4.57 Å². The van der Waals surface area contributed by atoms with Gasteiger partial charge in [0.2, 0.25) is 0 Å². The zero-order valence-corrected chi connectivity index (χ0v) is 4.73. The van der Waals surface area contributed by atoms with Crippen molar-refractivity contribution in [1.29, 1.82) is 0 Å². The first-order valence-electron chi connectivity index (χ1n) is 1.63. The van der Waals surface area contributed by atoms with Crippen LogP contribution >= 0.6 is 8.69 Å². The number of oxime groups is 1. The van der Waals surface area contributed by atoms with E-state index in [1.165, 1.54) is 0 Å². The quantitative estimate of drug-likeness (QED) is 0.191. The third-order valence-electron chi connectivity index (χ3n) is 0.320. The Labute approximate surface area is 42.1 Å². The number of nitrogens with zero attached hydrogens (tertiary/aromatic N) is 1. The Hall–Kier alpha value is -0.340. The molecule has 0 aromatic carbocycles. The van der Waals surface area contributed by atoms with Crippen molar-refractivity contribution in [2.24, 2.45) is 5.16 Å². The number of rotatable bonds is 3. The second-order valence-corrected chi connectivity index (χ2v) is 1.25. The molecule has 0 saturated heterocycles. The maximum absolute atomic E-state index is 9.52. The maximum Gasteiger partial charge on any atom is 0.180 e. The number of hydrogen-bond acceptors (Lipinski definition) is 4. The number of hydrogen-bond donors (Lipinski definition) is 1. The van der Waals surface area contributed by atoms with Crippen LogP contribution in [-0.2, 0) is 9.09 Å². The van der Waals surface area contributed by atoms with Crippen molar-refractivity contribution >= 4 is 14.9 Å². The minimum Gasteiger partial charge on any atom is -0.411 e. The van der Waals surface area contributed by atoms with E-state index >= 15 is 0 Å². The Morgan fingerprint density at radius 1 is 2.00 bits per heavy atom. The summed E-state index contributed by atoms with van der Waals surface area (Å²) in [4.78, 5) is 0. The summed E-state index contributed by atoms with van der Waals surface area (Å²) < 4.78 is 13.8. The molecule has 0 fully saturated rings. The summed E-state index contributed by atoms with van der Waals surface area (Å²) in [7, 11) is -1.17. The topological polar surface area (TPSA) is 58.9 Å². The van der Waals surface area contributed by atoms with Crippen LogP contribution in [0.2, 0.25) is 0 Å². The van der Waals surface area contributed by atoms with Crippen LogP contribution < -0.4 is 0 Å². The predicted octanol–water partition coefficient (Wildman–Crippen LogP) is 0.134. The molecule has 1 N–H and O–H groups in total. The lowest BCUT2D eigenvalue weighted by Gasteiger charge is -1.80. The van der Waals surface area contributed by atoms with Crippen LogP contribution in [0.4, 0.5) is 0 Å². The Kier molecular flexibility index (Phi) is 5.39. The van der Waals surface area contributed by atoms with Gasteiger partial charge < -0.3 is 9.73 Å². The fourth-order valence-electron chi connectivity index (χ4n) is 0.116. The molecule has 0 radical (unpaired) electrons. The molecular formula is C2H6NO3P. The van der Waals surface area contributed by atoms with Gasteiger partial charge in [0.25, 0.3) is 0 Å². The van der Waals surface area contributed by atoms with Crippen molar-refractivity contribution in [2.45, 2.75) is 0 Å². The Bertz CT molecular complexity index is 73.3. The predicted molar refractivity (Wildman–Crippen MR) is 26.6 cm³/mol. The Balaban J connectivity index is 2.82. The van der Waals surface area contributed by atoms with Crippen LogP contribution in [0.3, 0.4) is 0 Å². The third kappa shape index (κ3) is 5.66. The van der Waals surface area contributed by atoms with Crippen LogP contribution in [0.1, 0.15) is 0 Å². The summed E-state index contributed by atoms with van der Waals surface area (Å²) in [5.41, 5.74) is 0. The molecular weight excluding hydrogens is 117 g/mol. The van der Waals surface area contributed by atoms with E-state index in [1.54, 1.807) is 0 Å². The van der Waals surface area contributed by atoms with E-state index < -0.39 is 8.69 Å². The van der Waals surface area contributed by atoms with Crippen molar-refractivity contribution in [2.75, 3.05) is 6.61 Å². The molecule has 0 aromatic rings. The molecule has 1 unspecified atom stereocenters. The van der Waals surface area contributed by atoms with E-state index in [2.05, 4.69) is 9.68 Å². The summed E-state index contributed by atoms with van der Waals surface area (Å²) in [6.45, 7) is 0.120. The third-order valence-corrected chi connectivity index (χ3v) is 0.649. The summed E-state index contributed by atoms with van der Waals surface area (Å²) in [5, 5.41) is 10.3. The maximum atomic E-state index is 9.52. The molecule has 0 spiro atoms. The van der Waals surface area contributed by atoms with Gasteiger partial charge in [0, 0.05) is 0 Å². The molecule has 5 heteroatoms. The van der Waals surface area contributed by atoms with Crippen molar-refractivity contribution < 1.29 is 14.3 Å². The van der Waals surface area contributed by atoms with Crippen LogP contribution in [0.5, 0.6) is 0 Å². The molecule has 1 atom stereocenters. The smallest absolute Gasteiger partial charge is 0.180 e. The molecule has 0 aliphatic heterocycles. The minimum atomic E-state index is -1.17. The minimum absolute atomic E-state index is 0.120. The van der Waals surface area contributed by atoms with Crippen LogP contribution in [0.25, 0.3) is 0 Å². The average Bonchev–Trinajstić information content (AvgIpc) is 1.69. The van der Waals surface area contributed by atoms with Crippen molar-refractivity contribution in [1.82, 2.24) is 0 Å². The zero-order chi connectivity index (χ0) is 5.54. The first-order valence-corrected chi connectivity index (χ1v) is 2.57. The average molecular weight is 123 g/mol. The summed E-state index contributed by atoms with van der Waals surface area (Å²) in [6, 6.07) is 0. The molecule has 42 valence electrons. The van der Waals surface area contributed by atoms with Crippen LogP contribution in [0.15, 0.2) is 5.16 Å². The lowest BCUT2D eigenvalue weighted by molar-refractivity contribution is 0.315. The first-order chi connectivity index (χ1) is 3.41. The second kappa shape index (κ2) is 5.66. The molecule has 0 amide bonds. The molecule has 0 heterocycles. The van der Waals surface area contributed by atoms with Gasteiger partial charge in [-0.25, -0.2) is 0 Å². The van der Waals surface area contributed by atoms with E-state index in [0.717, 1.165) is 6.21 Å². The van der Waals surface area contributed by atoms with Gasteiger partial charge in [-0.05, 0) is 0 Å². The van der Waals surface area contributed by atoms with Crippen LogP contribution in [-0.4, -0.2) is 18.0 Å². The molecule has 4 nitrogen and oxygen atoms in total. The summed E-state index contributed by atoms with van der Waals surface area (Å²) in [5.74, 6) is 0. The highest BCUT2D eigenvalue weighted by molar-refractivity contribution is 7.17. The van der Waals surface area contributed by atoms with Gasteiger partial charge in [0.1, 0.15) is 0 Å². The van der Waals surface area contributed by atoms with Crippen molar-refractivity contribution in [3.63, 3.8) is 0 Å². The SMILES string of the molecule is O=[PH2]OCC=NO. The molecule has 0 saturated carbocycles. The Morgan fingerprint density at radius 3 is 3.14 bits per heavy atom. The first kappa shape index (κ1) is 6.66. The largest absolute Gasteiger partial charge is 0.411 e. The second-order valence-electron chi connectivity index (χ2n) is 0.728. The Morgan fingerprint density at radius 2 is 2.71 bits per heavy atom. The monoisotopic (exact) mass is 123 g/mol. The van der Waals surface area contributed by atoms with E-state index in [0.29, 0.717) is 0 Å². The standard InChI is InChI=1S/C2H6NO3P/c4-3-1-2-6-7-5/h1,4H,2,7H2.